The molecule has 0 aliphatic rings. The van der Waals surface area contributed by atoms with Crippen LogP contribution in [0.2, 0.25) is 0 Å². The lowest BCUT2D eigenvalue weighted by atomic mass is 10.2. The molecule has 0 aliphatic heterocycles. The Morgan fingerprint density at radius 3 is 2.07 bits per heavy atom. The van der Waals surface area contributed by atoms with Crippen LogP contribution in [0.5, 0.6) is 11.5 Å². The van der Waals surface area contributed by atoms with Crippen molar-refractivity contribution in [2.24, 2.45) is 0 Å². The van der Waals surface area contributed by atoms with Crippen LogP contribution in [-0.2, 0) is 0 Å². The highest BCUT2D eigenvalue weighted by molar-refractivity contribution is 7.19. The molecule has 4 rings (SSSR count). The van der Waals surface area contributed by atoms with Crippen molar-refractivity contribution in [1.82, 2.24) is 19.8 Å². The summed E-state index contributed by atoms with van der Waals surface area (Å²) in [4.78, 5) is 0.409. The van der Waals surface area contributed by atoms with Gasteiger partial charge in [-0.25, -0.2) is 13.2 Å². The van der Waals surface area contributed by atoms with Crippen LogP contribution in [0.15, 0.2) is 30.3 Å². The molecule has 6 nitrogen and oxygen atoms in total. The van der Waals surface area contributed by atoms with Crippen LogP contribution in [-0.4, -0.2) is 34.0 Å². The van der Waals surface area contributed by atoms with Gasteiger partial charge in [0, 0.05) is 17.2 Å². The van der Waals surface area contributed by atoms with Crippen molar-refractivity contribution in [2.75, 3.05) is 14.2 Å². The second-order valence-corrected chi connectivity index (χ2v) is 6.44. The van der Waals surface area contributed by atoms with Crippen LogP contribution in [0.1, 0.15) is 0 Å². The summed E-state index contributed by atoms with van der Waals surface area (Å²) in [5, 5.41) is 12.7. The van der Waals surface area contributed by atoms with E-state index in [1.165, 1.54) is 18.7 Å². The molecular formula is C17H11F3N4O2S. The SMILES string of the molecule is COc1cc(OC)cc(-c2nnc3sc(-c4cc(F)c(F)c(F)c4)nn23)c1. The number of nitrogens with zero attached hydrogens (tertiary/aromatic N) is 4. The van der Waals surface area contributed by atoms with Gasteiger partial charge in [0.25, 0.3) is 0 Å². The lowest BCUT2D eigenvalue weighted by Crippen LogP contribution is -1.95. The van der Waals surface area contributed by atoms with E-state index in [0.29, 0.717) is 27.8 Å². The Labute approximate surface area is 154 Å². The molecule has 27 heavy (non-hydrogen) atoms. The van der Waals surface area contributed by atoms with Crippen molar-refractivity contribution < 1.29 is 22.6 Å². The Morgan fingerprint density at radius 1 is 0.852 bits per heavy atom. The van der Waals surface area contributed by atoms with Crippen molar-refractivity contribution in [3.63, 3.8) is 0 Å². The lowest BCUT2D eigenvalue weighted by Gasteiger charge is -2.06. The summed E-state index contributed by atoms with van der Waals surface area (Å²) in [5.41, 5.74) is 0.739. The quantitative estimate of drug-likeness (QED) is 0.492. The zero-order chi connectivity index (χ0) is 19.1. The molecular weight excluding hydrogens is 381 g/mol. The minimum Gasteiger partial charge on any atom is -0.497 e. The van der Waals surface area contributed by atoms with Gasteiger partial charge in [-0.05, 0) is 24.3 Å². The van der Waals surface area contributed by atoms with E-state index < -0.39 is 17.5 Å². The highest BCUT2D eigenvalue weighted by Gasteiger charge is 2.18. The van der Waals surface area contributed by atoms with Gasteiger partial charge in [-0.1, -0.05) is 11.3 Å². The van der Waals surface area contributed by atoms with Crippen LogP contribution in [0.25, 0.3) is 26.9 Å². The van der Waals surface area contributed by atoms with E-state index in [0.717, 1.165) is 23.5 Å². The second-order valence-electron chi connectivity index (χ2n) is 5.48. The third-order valence-electron chi connectivity index (χ3n) is 3.83. The molecule has 2 aromatic heterocycles. The van der Waals surface area contributed by atoms with E-state index >= 15 is 0 Å². The van der Waals surface area contributed by atoms with Crippen LogP contribution in [0, 0.1) is 17.5 Å². The molecule has 0 spiro atoms. The first-order valence-electron chi connectivity index (χ1n) is 7.60. The van der Waals surface area contributed by atoms with Crippen LogP contribution in [0.4, 0.5) is 13.2 Å². The van der Waals surface area contributed by atoms with E-state index in [9.17, 15) is 13.2 Å². The molecule has 0 N–H and O–H groups in total. The highest BCUT2D eigenvalue weighted by atomic mass is 32.1. The summed E-state index contributed by atoms with van der Waals surface area (Å²) in [5.74, 6) is -2.58. The van der Waals surface area contributed by atoms with Gasteiger partial charge in [0.15, 0.2) is 23.3 Å². The Balaban J connectivity index is 1.84. The fourth-order valence-electron chi connectivity index (χ4n) is 2.53. The van der Waals surface area contributed by atoms with Crippen LogP contribution in [0.3, 0.4) is 0 Å². The van der Waals surface area contributed by atoms with Crippen molar-refractivity contribution in [3.8, 4) is 33.5 Å². The van der Waals surface area contributed by atoms with Gasteiger partial charge >= 0.3 is 0 Å². The summed E-state index contributed by atoms with van der Waals surface area (Å²) in [7, 11) is 3.05. The summed E-state index contributed by atoms with van der Waals surface area (Å²) < 4.78 is 52.1. The fourth-order valence-corrected chi connectivity index (χ4v) is 3.36. The summed E-state index contributed by atoms with van der Waals surface area (Å²) in [6.07, 6.45) is 0. The summed E-state index contributed by atoms with van der Waals surface area (Å²) in [6, 6.07) is 6.94. The number of hydrogen-bond acceptors (Lipinski definition) is 6. The van der Waals surface area contributed by atoms with Crippen molar-refractivity contribution in [2.45, 2.75) is 0 Å². The van der Waals surface area contributed by atoms with Crippen molar-refractivity contribution in [1.29, 1.82) is 0 Å². The average molecular weight is 392 g/mol. The number of aromatic nitrogens is 4. The maximum absolute atomic E-state index is 13.5. The minimum absolute atomic E-state index is 0.107. The van der Waals surface area contributed by atoms with Gasteiger partial charge in [-0.15, -0.1) is 10.2 Å². The van der Waals surface area contributed by atoms with Gasteiger partial charge in [-0.3, -0.25) is 0 Å². The number of ether oxygens (including phenoxy) is 2. The largest absolute Gasteiger partial charge is 0.497 e. The molecule has 0 fully saturated rings. The molecule has 0 saturated carbocycles. The van der Waals surface area contributed by atoms with Crippen LogP contribution < -0.4 is 9.47 Å². The van der Waals surface area contributed by atoms with E-state index in [1.807, 2.05) is 0 Å². The predicted molar refractivity (Wildman–Crippen MR) is 92.5 cm³/mol. The molecule has 0 aliphatic carbocycles. The van der Waals surface area contributed by atoms with Crippen molar-refractivity contribution in [3.05, 3.63) is 47.8 Å². The number of halogens is 3. The van der Waals surface area contributed by atoms with Gasteiger partial charge in [0.2, 0.25) is 4.96 Å². The monoisotopic (exact) mass is 392 g/mol. The molecule has 10 heteroatoms. The topological polar surface area (TPSA) is 61.5 Å². The number of fused-ring (bicyclic) bond motifs is 1. The molecule has 4 aromatic rings. The zero-order valence-electron chi connectivity index (χ0n) is 14.0. The maximum Gasteiger partial charge on any atom is 0.235 e. The number of benzene rings is 2. The van der Waals surface area contributed by atoms with E-state index in [1.54, 1.807) is 18.2 Å². The van der Waals surface area contributed by atoms with Gasteiger partial charge in [0.05, 0.1) is 14.2 Å². The third-order valence-corrected chi connectivity index (χ3v) is 4.78. The molecule has 0 saturated heterocycles. The fraction of sp³-hybridized carbons (Fsp3) is 0.118. The Kier molecular flexibility index (Phi) is 4.19. The first-order valence-corrected chi connectivity index (χ1v) is 8.42. The first-order chi connectivity index (χ1) is 13.0. The molecule has 2 heterocycles. The maximum atomic E-state index is 13.5. The van der Waals surface area contributed by atoms with Gasteiger partial charge in [-0.2, -0.15) is 9.61 Å². The van der Waals surface area contributed by atoms with Gasteiger partial charge < -0.3 is 9.47 Å². The Bertz CT molecular complexity index is 1110. The van der Waals surface area contributed by atoms with E-state index in [2.05, 4.69) is 15.3 Å². The Hall–Kier alpha value is -3.14. The Morgan fingerprint density at radius 2 is 1.48 bits per heavy atom. The molecule has 138 valence electrons. The molecule has 0 unspecified atom stereocenters. The minimum atomic E-state index is -1.52. The molecule has 0 radical (unpaired) electrons. The predicted octanol–water partition coefficient (Wildman–Crippen LogP) is 3.95. The van der Waals surface area contributed by atoms with E-state index in [4.69, 9.17) is 9.47 Å². The lowest BCUT2D eigenvalue weighted by molar-refractivity contribution is 0.394. The smallest absolute Gasteiger partial charge is 0.235 e. The second kappa shape index (κ2) is 6.54. The number of hydrogen-bond donors (Lipinski definition) is 0. The summed E-state index contributed by atoms with van der Waals surface area (Å²) >= 11 is 1.07. The number of rotatable bonds is 4. The average Bonchev–Trinajstić information content (AvgIpc) is 3.25. The summed E-state index contributed by atoms with van der Waals surface area (Å²) in [6.45, 7) is 0. The zero-order valence-corrected chi connectivity index (χ0v) is 14.9. The first kappa shape index (κ1) is 17.3. The molecule has 2 aromatic carbocycles. The standard InChI is InChI=1S/C17H11F3N4O2S/c1-25-10-3-8(4-11(7-10)26-2)15-21-22-17-24(15)23-16(27-17)9-5-12(18)14(20)13(19)6-9/h3-7H,1-2H3. The molecule has 0 amide bonds. The normalized spacial score (nSPS) is 11.1. The highest BCUT2D eigenvalue weighted by Crippen LogP contribution is 2.32. The van der Waals surface area contributed by atoms with Gasteiger partial charge in [0.1, 0.15) is 16.5 Å². The van der Waals surface area contributed by atoms with E-state index in [-0.39, 0.29) is 10.6 Å². The van der Waals surface area contributed by atoms with Crippen LogP contribution >= 0.6 is 11.3 Å². The third kappa shape index (κ3) is 2.97. The molecule has 0 bridgehead atoms. The van der Waals surface area contributed by atoms with Crippen molar-refractivity contribution >= 4 is 16.3 Å². The number of methoxy groups -OCH3 is 2. The molecule has 0 atom stereocenters.